The lowest BCUT2D eigenvalue weighted by Gasteiger charge is -2.25. The highest BCUT2D eigenvalue weighted by molar-refractivity contribution is 7.83. The van der Waals surface area contributed by atoms with Crippen LogP contribution in [0.3, 0.4) is 0 Å². The minimum Gasteiger partial charge on any atom is -0.335 e. The maximum absolute atomic E-state index is 11.6. The predicted molar refractivity (Wildman–Crippen MR) is 49.2 cm³/mol. The van der Waals surface area contributed by atoms with Crippen LogP contribution in [0.5, 0.6) is 0 Å². The van der Waals surface area contributed by atoms with Crippen LogP contribution >= 0.6 is 26.6 Å². The van der Waals surface area contributed by atoms with Crippen LogP contribution < -0.4 is 0 Å². The summed E-state index contributed by atoms with van der Waals surface area (Å²) in [7, 11) is 0.821. The van der Waals surface area contributed by atoms with Gasteiger partial charge in [-0.15, -0.1) is 0 Å². The zero-order valence-electron chi connectivity index (χ0n) is 7.35. The third-order valence-corrected chi connectivity index (χ3v) is 6.14. The van der Waals surface area contributed by atoms with E-state index in [0.29, 0.717) is 0 Å². The molecule has 0 aliphatic heterocycles. The summed E-state index contributed by atoms with van der Waals surface area (Å²) in [5.41, 5.74) is 0. The molecule has 0 fully saturated rings. The fraction of sp³-hybridized carbons (Fsp3) is 1.00. The first-order valence-corrected chi connectivity index (χ1v) is 6.58. The molecule has 0 heterocycles. The van der Waals surface area contributed by atoms with Gasteiger partial charge >= 0.3 is 7.75 Å². The second-order valence-electron chi connectivity index (χ2n) is 1.73. The van der Waals surface area contributed by atoms with Gasteiger partial charge < -0.3 is 4.52 Å². The number of hydrogen-bond acceptors (Lipinski definition) is 4. The van der Waals surface area contributed by atoms with E-state index in [1.807, 2.05) is 0 Å². The van der Waals surface area contributed by atoms with Crippen LogP contribution in [0.25, 0.3) is 0 Å². The Bertz CT molecular complexity index is 172. The summed E-state index contributed by atoms with van der Waals surface area (Å²) in [6.45, 7) is 0. The number of rotatable bonds is 5. The van der Waals surface area contributed by atoms with E-state index in [9.17, 15) is 4.57 Å². The molecule has 0 aliphatic carbocycles. The molecule has 1 unspecified atom stereocenters. The summed E-state index contributed by atoms with van der Waals surface area (Å²) in [5.74, 6) is 0. The van der Waals surface area contributed by atoms with Crippen LogP contribution in [0.1, 0.15) is 0 Å². The van der Waals surface area contributed by atoms with Gasteiger partial charge in [-0.25, -0.2) is 4.57 Å². The van der Waals surface area contributed by atoms with Crippen LogP contribution in [0.15, 0.2) is 0 Å². The van der Waals surface area contributed by atoms with Gasteiger partial charge in [0.15, 0.2) is 0 Å². The fourth-order valence-electron chi connectivity index (χ4n) is 0.515. The summed E-state index contributed by atoms with van der Waals surface area (Å²) >= 11 is 5.69. The van der Waals surface area contributed by atoms with Gasteiger partial charge in [0.1, 0.15) is 0 Å². The van der Waals surface area contributed by atoms with Crippen molar-refractivity contribution in [3.63, 3.8) is 0 Å². The van der Waals surface area contributed by atoms with Crippen molar-refractivity contribution >= 4 is 26.6 Å². The van der Waals surface area contributed by atoms with Crippen molar-refractivity contribution in [1.82, 2.24) is 4.44 Å². The van der Waals surface area contributed by atoms with Gasteiger partial charge in [0, 0.05) is 28.4 Å². The normalized spacial score (nSPS) is 15.2. The summed E-state index contributed by atoms with van der Waals surface area (Å²) in [5, 5.41) is 0. The summed E-state index contributed by atoms with van der Waals surface area (Å²) in [4.78, 5) is 0. The quantitative estimate of drug-likeness (QED) is 0.685. The molecule has 0 aliphatic rings. The Labute approximate surface area is 78.2 Å². The van der Waals surface area contributed by atoms with Crippen molar-refractivity contribution in [3.05, 3.63) is 0 Å². The van der Waals surface area contributed by atoms with E-state index in [2.05, 4.69) is 9.05 Å². The van der Waals surface area contributed by atoms with Crippen molar-refractivity contribution < 1.29 is 18.1 Å². The number of halogens is 1. The molecule has 0 N–H and O–H groups in total. The average molecular weight is 236 g/mol. The first kappa shape index (κ1) is 12.8. The molecule has 74 valence electrons. The number of hydrogen-bond donors (Lipinski definition) is 0. The SMILES string of the molecule is COP(Cl)N(C)P(=O)(OC)OC. The molecule has 0 aromatic rings. The first-order chi connectivity index (χ1) is 5.51. The molecule has 0 aromatic heterocycles. The van der Waals surface area contributed by atoms with Gasteiger partial charge in [-0.2, -0.15) is 4.44 Å². The Hall–Kier alpha value is 0.790. The minimum atomic E-state index is -3.24. The zero-order valence-corrected chi connectivity index (χ0v) is 9.90. The summed E-state index contributed by atoms with van der Waals surface area (Å²) < 4.78 is 27.0. The standard InChI is InChI=1S/C4H12ClNO4P2/c1-6(11(5)8-2)12(7,9-3)10-4/h1-4H3. The second-order valence-corrected chi connectivity index (χ2v) is 6.60. The molecular formula is C4H12ClNO4P2. The van der Waals surface area contributed by atoms with E-state index in [4.69, 9.17) is 15.8 Å². The van der Waals surface area contributed by atoms with E-state index in [-0.39, 0.29) is 0 Å². The molecule has 0 bridgehead atoms. The Kier molecular flexibility index (Phi) is 5.87. The van der Waals surface area contributed by atoms with E-state index >= 15 is 0 Å². The van der Waals surface area contributed by atoms with Gasteiger partial charge in [-0.3, -0.25) is 9.05 Å². The summed E-state index contributed by atoms with van der Waals surface area (Å²) in [6.07, 6.45) is 0. The summed E-state index contributed by atoms with van der Waals surface area (Å²) in [6, 6.07) is 0. The van der Waals surface area contributed by atoms with Crippen molar-refractivity contribution in [3.8, 4) is 0 Å². The molecule has 12 heavy (non-hydrogen) atoms. The molecule has 0 aromatic carbocycles. The Morgan fingerprint density at radius 1 is 1.33 bits per heavy atom. The maximum atomic E-state index is 11.6. The predicted octanol–water partition coefficient (Wildman–Crippen LogP) is 2.43. The largest absolute Gasteiger partial charge is 0.413 e. The highest BCUT2D eigenvalue weighted by Gasteiger charge is 2.33. The topological polar surface area (TPSA) is 48.0 Å². The van der Waals surface area contributed by atoms with E-state index in [0.717, 1.165) is 0 Å². The van der Waals surface area contributed by atoms with Crippen LogP contribution in [-0.2, 0) is 18.1 Å². The molecule has 0 saturated carbocycles. The van der Waals surface area contributed by atoms with Crippen LogP contribution in [0, 0.1) is 0 Å². The first-order valence-electron chi connectivity index (χ1n) is 2.97. The van der Waals surface area contributed by atoms with Gasteiger partial charge in [-0.05, 0) is 11.2 Å². The zero-order chi connectivity index (χ0) is 9.78. The third kappa shape index (κ3) is 2.93. The van der Waals surface area contributed by atoms with Gasteiger partial charge in [0.05, 0.1) is 0 Å². The van der Waals surface area contributed by atoms with Gasteiger partial charge in [0.2, 0.25) is 7.65 Å². The van der Waals surface area contributed by atoms with E-state index in [1.54, 1.807) is 0 Å². The Balaban J connectivity index is 4.41. The third-order valence-electron chi connectivity index (χ3n) is 1.19. The van der Waals surface area contributed by atoms with Gasteiger partial charge in [-0.1, -0.05) is 0 Å². The minimum absolute atomic E-state index is 1.24. The number of nitrogens with zero attached hydrogens (tertiary/aromatic N) is 1. The molecule has 0 radical (unpaired) electrons. The molecule has 0 saturated heterocycles. The van der Waals surface area contributed by atoms with Crippen molar-refractivity contribution in [2.45, 2.75) is 0 Å². The molecule has 1 atom stereocenters. The smallest absolute Gasteiger partial charge is 0.335 e. The van der Waals surface area contributed by atoms with E-state index < -0.39 is 15.4 Å². The van der Waals surface area contributed by atoms with Crippen molar-refractivity contribution in [2.24, 2.45) is 0 Å². The fourth-order valence-corrected chi connectivity index (χ4v) is 3.46. The molecule has 5 nitrogen and oxygen atoms in total. The lowest BCUT2D eigenvalue weighted by molar-refractivity contribution is 0.244. The molecule has 0 spiro atoms. The Morgan fingerprint density at radius 2 is 1.75 bits per heavy atom. The van der Waals surface area contributed by atoms with Crippen LogP contribution in [0.2, 0.25) is 0 Å². The Morgan fingerprint density at radius 3 is 2.00 bits per heavy atom. The second kappa shape index (κ2) is 5.51. The van der Waals surface area contributed by atoms with Crippen LogP contribution in [-0.4, -0.2) is 32.8 Å². The van der Waals surface area contributed by atoms with Gasteiger partial charge in [0.25, 0.3) is 0 Å². The monoisotopic (exact) mass is 235 g/mol. The van der Waals surface area contributed by atoms with Crippen molar-refractivity contribution in [1.29, 1.82) is 0 Å². The molecular weight excluding hydrogens is 223 g/mol. The lowest BCUT2D eigenvalue weighted by Crippen LogP contribution is -2.09. The maximum Gasteiger partial charge on any atom is 0.413 e. The molecule has 0 amide bonds. The lowest BCUT2D eigenvalue weighted by atomic mass is 11.6. The van der Waals surface area contributed by atoms with Crippen molar-refractivity contribution in [2.75, 3.05) is 28.4 Å². The average Bonchev–Trinajstić information content (AvgIpc) is 2.14. The molecule has 8 heteroatoms. The van der Waals surface area contributed by atoms with Crippen LogP contribution in [0.4, 0.5) is 0 Å². The molecule has 0 rings (SSSR count). The highest BCUT2D eigenvalue weighted by Crippen LogP contribution is 2.63. The highest BCUT2D eigenvalue weighted by atomic mass is 35.7. The van der Waals surface area contributed by atoms with E-state index in [1.165, 1.54) is 32.8 Å².